The van der Waals surface area contributed by atoms with Crippen molar-refractivity contribution in [3.63, 3.8) is 0 Å². The van der Waals surface area contributed by atoms with Crippen LogP contribution < -0.4 is 5.43 Å². The molecule has 0 amide bonds. The fraction of sp³-hybridized carbons (Fsp3) is 0.0323. The van der Waals surface area contributed by atoms with Crippen molar-refractivity contribution in [3.05, 3.63) is 124 Å². The van der Waals surface area contributed by atoms with Crippen LogP contribution in [-0.2, 0) is 6.18 Å². The van der Waals surface area contributed by atoms with Gasteiger partial charge in [-0.15, -0.1) is 0 Å². The van der Waals surface area contributed by atoms with Gasteiger partial charge in [0.1, 0.15) is 16.9 Å². The van der Waals surface area contributed by atoms with Crippen molar-refractivity contribution >= 4 is 38.5 Å². The summed E-state index contributed by atoms with van der Waals surface area (Å²) in [4.78, 5) is 26.8. The lowest BCUT2D eigenvalue weighted by molar-refractivity contribution is -0.137. The van der Waals surface area contributed by atoms with Crippen LogP contribution >= 0.6 is 0 Å². The summed E-state index contributed by atoms with van der Waals surface area (Å²) in [6, 6.07) is 24.0. The number of carbonyl (C=O) groups is 1. The maximum Gasteiger partial charge on any atom is 0.416 e. The average Bonchev–Trinajstić information content (AvgIpc) is 2.92. The molecule has 5 aromatic carbocycles. The van der Waals surface area contributed by atoms with Gasteiger partial charge in [-0.1, -0.05) is 48.5 Å². The molecule has 1 heterocycles. The van der Waals surface area contributed by atoms with Gasteiger partial charge < -0.3 is 9.52 Å². The van der Waals surface area contributed by atoms with Crippen LogP contribution in [0, 0.1) is 0 Å². The van der Waals surface area contributed by atoms with Gasteiger partial charge in [-0.05, 0) is 70.4 Å². The van der Waals surface area contributed by atoms with E-state index in [9.17, 15) is 27.9 Å². The van der Waals surface area contributed by atoms with Crippen LogP contribution in [0.25, 0.3) is 43.8 Å². The Morgan fingerprint density at radius 2 is 1.45 bits per heavy atom. The second kappa shape index (κ2) is 8.59. The van der Waals surface area contributed by atoms with E-state index in [0.29, 0.717) is 38.3 Å². The zero-order valence-corrected chi connectivity index (χ0v) is 19.5. The molecule has 0 fully saturated rings. The molecule has 0 saturated carbocycles. The molecule has 0 bridgehead atoms. The van der Waals surface area contributed by atoms with Gasteiger partial charge in [-0.2, -0.15) is 13.2 Å². The fourth-order valence-corrected chi connectivity index (χ4v) is 4.75. The molecule has 6 aromatic rings. The summed E-state index contributed by atoms with van der Waals surface area (Å²) in [7, 11) is 0. The van der Waals surface area contributed by atoms with Crippen molar-refractivity contribution < 1.29 is 27.5 Å². The number of hydrogen-bond acceptors (Lipinski definition) is 4. The molecule has 7 heteroatoms. The van der Waals surface area contributed by atoms with Gasteiger partial charge in [0.25, 0.3) is 0 Å². The van der Waals surface area contributed by atoms with Gasteiger partial charge in [0.05, 0.1) is 21.9 Å². The summed E-state index contributed by atoms with van der Waals surface area (Å²) in [5.41, 5.74) is 0.903. The molecule has 0 radical (unpaired) electrons. The Hall–Kier alpha value is -4.91. The zero-order valence-electron chi connectivity index (χ0n) is 19.5. The Balaban J connectivity index is 1.67. The van der Waals surface area contributed by atoms with E-state index in [1.54, 1.807) is 60.7 Å². The van der Waals surface area contributed by atoms with E-state index in [-0.39, 0.29) is 27.9 Å². The van der Waals surface area contributed by atoms with Crippen LogP contribution in [0.4, 0.5) is 13.2 Å². The number of fused-ring (bicyclic) bond motifs is 4. The van der Waals surface area contributed by atoms with Crippen molar-refractivity contribution in [2.45, 2.75) is 6.18 Å². The average molecular weight is 510 g/mol. The normalized spacial score (nSPS) is 11.9. The van der Waals surface area contributed by atoms with Gasteiger partial charge in [0.2, 0.25) is 5.43 Å². The minimum atomic E-state index is -4.49. The third-order valence-electron chi connectivity index (χ3n) is 6.61. The fourth-order valence-electron chi connectivity index (χ4n) is 4.75. The van der Waals surface area contributed by atoms with E-state index in [0.717, 1.165) is 12.1 Å². The highest BCUT2D eigenvalue weighted by atomic mass is 19.4. The Bertz CT molecular complexity index is 1950. The molecule has 6 rings (SSSR count). The molecule has 1 aromatic heterocycles. The minimum Gasteiger partial charge on any atom is -0.507 e. The molecule has 0 saturated heterocycles. The first-order valence-electron chi connectivity index (χ1n) is 11.6. The van der Waals surface area contributed by atoms with Crippen molar-refractivity contribution in [1.82, 2.24) is 0 Å². The van der Waals surface area contributed by atoms with Gasteiger partial charge in [0, 0.05) is 5.56 Å². The van der Waals surface area contributed by atoms with E-state index < -0.39 is 17.5 Å². The summed E-state index contributed by atoms with van der Waals surface area (Å²) < 4.78 is 45.7. The van der Waals surface area contributed by atoms with Gasteiger partial charge in [0.15, 0.2) is 5.78 Å². The Morgan fingerprint density at radius 1 is 0.737 bits per heavy atom. The van der Waals surface area contributed by atoms with Crippen LogP contribution in [-0.4, -0.2) is 10.9 Å². The van der Waals surface area contributed by atoms with E-state index >= 15 is 0 Å². The molecular formula is C31H17F3O4. The first-order chi connectivity index (χ1) is 18.2. The van der Waals surface area contributed by atoms with Crippen molar-refractivity contribution in [3.8, 4) is 16.9 Å². The number of alkyl halides is 3. The van der Waals surface area contributed by atoms with E-state index in [2.05, 4.69) is 0 Å². The summed E-state index contributed by atoms with van der Waals surface area (Å²) in [5.74, 6) is -0.611. The second-order valence-corrected chi connectivity index (χ2v) is 8.91. The van der Waals surface area contributed by atoms with Gasteiger partial charge in [-0.25, -0.2) is 0 Å². The summed E-state index contributed by atoms with van der Waals surface area (Å²) >= 11 is 0. The molecule has 4 nitrogen and oxygen atoms in total. The zero-order chi connectivity index (χ0) is 26.6. The third-order valence-corrected chi connectivity index (χ3v) is 6.61. The number of hydrogen-bond donors (Lipinski definition) is 1. The quantitative estimate of drug-likeness (QED) is 0.150. The molecular weight excluding hydrogens is 493 g/mol. The lowest BCUT2D eigenvalue weighted by Crippen LogP contribution is -2.05. The number of carbonyl (C=O) groups excluding carboxylic acids is 1. The standard InChI is InChI=1S/C31H17F3O4/c32-31(33,34)19-12-9-17(10-13-19)23-16-27-28(30(37)22-6-2-4-8-26(22)38-27)20-14-11-18(15-24(20)23)29(36)21-5-1-3-7-25(21)35/h1-16,35H. The molecule has 38 heavy (non-hydrogen) atoms. The number of ketones is 1. The number of halogens is 3. The number of rotatable bonds is 3. The SMILES string of the molecule is O=C(c1ccc2c(c1)c(-c1ccc(C(F)(F)F)cc1)cc1oc3ccccc3c(=O)c12)c1ccccc1O. The van der Waals surface area contributed by atoms with E-state index in [4.69, 9.17) is 4.42 Å². The number of phenols is 1. The Morgan fingerprint density at radius 3 is 2.18 bits per heavy atom. The second-order valence-electron chi connectivity index (χ2n) is 8.91. The predicted molar refractivity (Wildman–Crippen MR) is 139 cm³/mol. The maximum atomic E-state index is 13.5. The number of benzene rings is 5. The van der Waals surface area contributed by atoms with Crippen molar-refractivity contribution in [1.29, 1.82) is 0 Å². The number of aromatic hydroxyl groups is 1. The Kier molecular flexibility index (Phi) is 5.31. The van der Waals surface area contributed by atoms with Gasteiger partial charge in [-0.3, -0.25) is 9.59 Å². The van der Waals surface area contributed by atoms with Crippen molar-refractivity contribution in [2.24, 2.45) is 0 Å². The predicted octanol–water partition coefficient (Wildman–Crippen LogP) is 7.72. The molecule has 0 spiro atoms. The lowest BCUT2D eigenvalue weighted by Gasteiger charge is -2.14. The smallest absolute Gasteiger partial charge is 0.416 e. The highest BCUT2D eigenvalue weighted by Crippen LogP contribution is 2.38. The highest BCUT2D eigenvalue weighted by Gasteiger charge is 2.30. The van der Waals surface area contributed by atoms with Crippen LogP contribution in [0.15, 0.2) is 106 Å². The van der Waals surface area contributed by atoms with Crippen LogP contribution in [0.5, 0.6) is 5.75 Å². The summed E-state index contributed by atoms with van der Waals surface area (Å²) in [5, 5.41) is 11.9. The molecule has 0 aliphatic rings. The van der Waals surface area contributed by atoms with E-state index in [1.165, 1.54) is 24.3 Å². The van der Waals surface area contributed by atoms with Crippen LogP contribution in [0.2, 0.25) is 0 Å². The molecule has 0 aliphatic carbocycles. The maximum absolute atomic E-state index is 13.5. The van der Waals surface area contributed by atoms with Crippen LogP contribution in [0.1, 0.15) is 21.5 Å². The number of para-hydroxylation sites is 2. The van der Waals surface area contributed by atoms with E-state index in [1.807, 2.05) is 0 Å². The first-order valence-corrected chi connectivity index (χ1v) is 11.6. The largest absolute Gasteiger partial charge is 0.507 e. The number of phenolic OH excluding ortho intramolecular Hbond substituents is 1. The summed E-state index contributed by atoms with van der Waals surface area (Å²) in [6.07, 6.45) is -4.49. The topological polar surface area (TPSA) is 67.5 Å². The van der Waals surface area contributed by atoms with Crippen LogP contribution in [0.3, 0.4) is 0 Å². The monoisotopic (exact) mass is 510 g/mol. The van der Waals surface area contributed by atoms with Crippen molar-refractivity contribution in [2.75, 3.05) is 0 Å². The summed E-state index contributed by atoms with van der Waals surface area (Å²) in [6.45, 7) is 0. The highest BCUT2D eigenvalue weighted by molar-refractivity contribution is 6.18. The minimum absolute atomic E-state index is 0.106. The molecule has 1 N–H and O–H groups in total. The molecule has 0 aliphatic heterocycles. The molecule has 0 atom stereocenters. The lowest BCUT2D eigenvalue weighted by atomic mass is 9.91. The van der Waals surface area contributed by atoms with Gasteiger partial charge >= 0.3 is 6.18 Å². The third kappa shape index (κ3) is 3.80. The first kappa shape index (κ1) is 23.5. The Labute approximate surface area is 213 Å². The molecule has 0 unspecified atom stereocenters. The molecule has 186 valence electrons.